The van der Waals surface area contributed by atoms with Gasteiger partial charge in [-0.1, -0.05) is 49.4 Å². The molecule has 2 aliphatic rings. The van der Waals surface area contributed by atoms with Gasteiger partial charge in [-0.25, -0.2) is 0 Å². The highest BCUT2D eigenvalue weighted by molar-refractivity contribution is 6.10. The van der Waals surface area contributed by atoms with Crippen molar-refractivity contribution in [3.8, 4) is 11.1 Å². The highest BCUT2D eigenvalue weighted by Crippen LogP contribution is 2.38. The van der Waals surface area contributed by atoms with Crippen molar-refractivity contribution in [2.75, 3.05) is 33.3 Å². The Labute approximate surface area is 214 Å². The van der Waals surface area contributed by atoms with Gasteiger partial charge in [0.1, 0.15) is 5.69 Å². The standard InChI is InChI=1S/C30H39N3O3/c1-20-15-33(21(2)18-34)30(35)29-28(25-11-7-8-12-26(25)32(29)4)24-10-6-5-9-23(24)19-36-27(20)17-31(3)16-22-13-14-22/h5-12,20-22,27,34H,13-19H2,1-4H3/t20-,21-,27-/m1/s1. The summed E-state index contributed by atoms with van der Waals surface area (Å²) in [5, 5.41) is 11.2. The zero-order chi connectivity index (χ0) is 25.4. The zero-order valence-corrected chi connectivity index (χ0v) is 22.0. The predicted octanol–water partition coefficient (Wildman–Crippen LogP) is 4.55. The molecule has 1 aliphatic heterocycles. The van der Waals surface area contributed by atoms with Gasteiger partial charge in [0.15, 0.2) is 0 Å². The van der Waals surface area contributed by atoms with Gasteiger partial charge in [0.05, 0.1) is 25.4 Å². The smallest absolute Gasteiger partial charge is 0.271 e. The van der Waals surface area contributed by atoms with E-state index in [4.69, 9.17) is 4.74 Å². The van der Waals surface area contributed by atoms with Gasteiger partial charge >= 0.3 is 0 Å². The summed E-state index contributed by atoms with van der Waals surface area (Å²) >= 11 is 0. The summed E-state index contributed by atoms with van der Waals surface area (Å²) in [6.07, 6.45) is 2.61. The number of carbonyl (C=O) groups is 1. The molecule has 1 aromatic heterocycles. The Hall–Kier alpha value is -2.67. The lowest BCUT2D eigenvalue weighted by Gasteiger charge is -2.35. The second-order valence-corrected chi connectivity index (χ2v) is 10.9. The molecule has 0 spiro atoms. The van der Waals surface area contributed by atoms with E-state index in [1.807, 2.05) is 47.7 Å². The molecule has 1 fully saturated rings. The summed E-state index contributed by atoms with van der Waals surface area (Å²) in [6.45, 7) is 6.96. The van der Waals surface area contributed by atoms with Crippen LogP contribution in [0.2, 0.25) is 0 Å². The number of para-hydroxylation sites is 1. The summed E-state index contributed by atoms with van der Waals surface area (Å²) < 4.78 is 8.69. The van der Waals surface area contributed by atoms with E-state index < -0.39 is 0 Å². The first-order valence-electron chi connectivity index (χ1n) is 13.3. The first kappa shape index (κ1) is 25.0. The van der Waals surface area contributed by atoms with Crippen LogP contribution in [-0.4, -0.2) is 70.8 Å². The average molecular weight is 490 g/mol. The minimum atomic E-state index is -0.299. The van der Waals surface area contributed by atoms with Crippen LogP contribution in [0.5, 0.6) is 0 Å². The van der Waals surface area contributed by atoms with E-state index in [0.717, 1.165) is 46.6 Å². The Balaban J connectivity index is 1.63. The van der Waals surface area contributed by atoms with Crippen LogP contribution in [-0.2, 0) is 18.4 Å². The number of nitrogens with zero attached hydrogens (tertiary/aromatic N) is 3. The number of hydrogen-bond acceptors (Lipinski definition) is 4. The lowest BCUT2D eigenvalue weighted by molar-refractivity contribution is -0.0236. The van der Waals surface area contributed by atoms with Crippen molar-refractivity contribution in [3.63, 3.8) is 0 Å². The van der Waals surface area contributed by atoms with Crippen molar-refractivity contribution in [2.24, 2.45) is 18.9 Å². The summed E-state index contributed by atoms with van der Waals surface area (Å²) in [5.74, 6) is 0.871. The van der Waals surface area contributed by atoms with Gasteiger partial charge in [0.25, 0.3) is 5.91 Å². The number of fused-ring (bicyclic) bond motifs is 5. The maximum Gasteiger partial charge on any atom is 0.271 e. The van der Waals surface area contributed by atoms with Crippen molar-refractivity contribution >= 4 is 16.8 Å². The fraction of sp³-hybridized carbons (Fsp3) is 0.500. The Bertz CT molecular complexity index is 1230. The number of aromatic nitrogens is 1. The normalized spacial score (nSPS) is 21.8. The third-order valence-electron chi connectivity index (χ3n) is 7.98. The molecule has 1 amide bonds. The molecule has 5 rings (SSSR count). The maximum absolute atomic E-state index is 14.3. The van der Waals surface area contributed by atoms with E-state index in [9.17, 15) is 9.90 Å². The van der Waals surface area contributed by atoms with Gasteiger partial charge in [0.2, 0.25) is 0 Å². The van der Waals surface area contributed by atoms with Crippen molar-refractivity contribution in [2.45, 2.75) is 45.4 Å². The number of carbonyl (C=O) groups excluding carboxylic acids is 1. The molecule has 0 bridgehead atoms. The number of benzene rings is 2. The molecule has 6 heteroatoms. The summed E-state index contributed by atoms with van der Waals surface area (Å²) in [5.41, 5.74) is 4.76. The highest BCUT2D eigenvalue weighted by atomic mass is 16.5. The van der Waals surface area contributed by atoms with Gasteiger partial charge in [-0.2, -0.15) is 0 Å². The van der Waals surface area contributed by atoms with Crippen molar-refractivity contribution < 1.29 is 14.6 Å². The third-order valence-corrected chi connectivity index (χ3v) is 7.98. The first-order chi connectivity index (χ1) is 17.4. The minimum Gasteiger partial charge on any atom is -0.394 e. The van der Waals surface area contributed by atoms with Crippen molar-refractivity contribution in [1.29, 1.82) is 0 Å². The van der Waals surface area contributed by atoms with Crippen LogP contribution in [0.4, 0.5) is 0 Å². The molecule has 36 heavy (non-hydrogen) atoms. The molecule has 1 aliphatic carbocycles. The number of amides is 1. The maximum atomic E-state index is 14.3. The van der Waals surface area contributed by atoms with Gasteiger partial charge < -0.3 is 24.2 Å². The number of aryl methyl sites for hydroxylation is 1. The van der Waals surface area contributed by atoms with Crippen LogP contribution in [0.3, 0.4) is 0 Å². The fourth-order valence-corrected chi connectivity index (χ4v) is 5.65. The van der Waals surface area contributed by atoms with Crippen LogP contribution in [0.15, 0.2) is 48.5 Å². The summed E-state index contributed by atoms with van der Waals surface area (Å²) in [7, 11) is 4.15. The van der Waals surface area contributed by atoms with Crippen LogP contribution < -0.4 is 0 Å². The van der Waals surface area contributed by atoms with E-state index in [1.165, 1.54) is 12.8 Å². The lowest BCUT2D eigenvalue weighted by atomic mass is 9.96. The van der Waals surface area contributed by atoms with E-state index in [1.54, 1.807) is 0 Å². The molecule has 3 atom stereocenters. The first-order valence-corrected chi connectivity index (χ1v) is 13.3. The molecule has 6 nitrogen and oxygen atoms in total. The van der Waals surface area contributed by atoms with Gasteiger partial charge in [0, 0.05) is 49.1 Å². The predicted molar refractivity (Wildman–Crippen MR) is 144 cm³/mol. The second-order valence-electron chi connectivity index (χ2n) is 10.9. The summed E-state index contributed by atoms with van der Waals surface area (Å²) in [6, 6.07) is 16.2. The highest BCUT2D eigenvalue weighted by Gasteiger charge is 2.34. The Kier molecular flexibility index (Phi) is 7.20. The van der Waals surface area contributed by atoms with E-state index in [-0.39, 0.29) is 30.6 Å². The minimum absolute atomic E-state index is 0.0269. The van der Waals surface area contributed by atoms with E-state index in [0.29, 0.717) is 18.8 Å². The lowest BCUT2D eigenvalue weighted by Crippen LogP contribution is -2.47. The van der Waals surface area contributed by atoms with Crippen molar-refractivity contribution in [3.05, 3.63) is 59.8 Å². The van der Waals surface area contributed by atoms with Gasteiger partial charge in [-0.05, 0) is 49.9 Å². The number of hydrogen-bond donors (Lipinski definition) is 1. The molecule has 0 radical (unpaired) electrons. The quantitative estimate of drug-likeness (QED) is 0.552. The monoisotopic (exact) mass is 489 g/mol. The molecule has 2 heterocycles. The molecule has 1 saturated carbocycles. The molecule has 0 saturated heterocycles. The molecule has 1 N–H and O–H groups in total. The number of aliphatic hydroxyl groups is 1. The van der Waals surface area contributed by atoms with Crippen LogP contribution >= 0.6 is 0 Å². The number of rotatable bonds is 6. The van der Waals surface area contributed by atoms with Crippen LogP contribution in [0, 0.1) is 11.8 Å². The molecule has 3 aromatic rings. The van der Waals surface area contributed by atoms with Crippen molar-refractivity contribution in [1.82, 2.24) is 14.4 Å². The number of likely N-dealkylation sites (N-methyl/N-ethyl adjacent to an activating group) is 1. The molecular formula is C30H39N3O3. The fourth-order valence-electron chi connectivity index (χ4n) is 5.65. The molecule has 0 unspecified atom stereocenters. The third kappa shape index (κ3) is 4.82. The Morgan fingerprint density at radius 3 is 2.58 bits per heavy atom. The SMILES string of the molecule is C[C@@H]1CN([C@H](C)CO)C(=O)c2c(c3ccccc3n2C)-c2ccccc2CO[C@@H]1CN(C)CC1CC1. The van der Waals surface area contributed by atoms with Crippen LogP contribution in [0.1, 0.15) is 42.7 Å². The zero-order valence-electron chi connectivity index (χ0n) is 22.0. The Morgan fingerprint density at radius 1 is 1.11 bits per heavy atom. The average Bonchev–Trinajstić information content (AvgIpc) is 3.65. The van der Waals surface area contributed by atoms with Gasteiger partial charge in [-0.15, -0.1) is 0 Å². The molecule has 192 valence electrons. The topological polar surface area (TPSA) is 57.9 Å². The van der Waals surface area contributed by atoms with E-state index >= 15 is 0 Å². The second kappa shape index (κ2) is 10.4. The molecular weight excluding hydrogens is 450 g/mol. The van der Waals surface area contributed by atoms with E-state index in [2.05, 4.69) is 43.1 Å². The number of ether oxygens (including phenoxy) is 1. The van der Waals surface area contributed by atoms with Crippen LogP contribution in [0.25, 0.3) is 22.0 Å². The van der Waals surface area contributed by atoms with Gasteiger partial charge in [-0.3, -0.25) is 4.79 Å². The largest absolute Gasteiger partial charge is 0.394 e. The Morgan fingerprint density at radius 2 is 1.83 bits per heavy atom. The summed E-state index contributed by atoms with van der Waals surface area (Å²) in [4.78, 5) is 18.6. The number of aliphatic hydroxyl groups excluding tert-OH is 1. The molecule has 2 aromatic carbocycles.